The first-order chi connectivity index (χ1) is 17.2. The molecule has 0 saturated carbocycles. The van der Waals surface area contributed by atoms with Crippen LogP contribution in [0.5, 0.6) is 0 Å². The smallest absolute Gasteiger partial charge is 0.294 e. The van der Waals surface area contributed by atoms with Gasteiger partial charge in [0.1, 0.15) is 0 Å². The average molecular weight is 521 g/mol. The van der Waals surface area contributed by atoms with Crippen molar-refractivity contribution in [1.29, 1.82) is 0 Å². The quantitative estimate of drug-likeness (QED) is 0.272. The van der Waals surface area contributed by atoms with Crippen molar-refractivity contribution in [3.63, 3.8) is 0 Å². The minimum absolute atomic E-state index is 0.0666. The highest BCUT2D eigenvalue weighted by atomic mass is 32.2. The molecule has 2 heterocycles. The summed E-state index contributed by atoms with van der Waals surface area (Å²) in [5.74, 6) is 0. The average Bonchev–Trinajstić information content (AvgIpc) is 3.43. The monoisotopic (exact) mass is 520 g/mol. The normalized spacial score (nSPS) is 11.4. The third kappa shape index (κ3) is 5.91. The maximum atomic E-state index is 10.5. The molecule has 0 bridgehead atoms. The minimum atomic E-state index is -4.02. The molecule has 0 aliphatic carbocycles. The lowest BCUT2D eigenvalue weighted by atomic mass is 9.99. The van der Waals surface area contributed by atoms with E-state index in [0.29, 0.717) is 6.42 Å². The second-order valence-electron chi connectivity index (χ2n) is 8.64. The largest absolute Gasteiger partial charge is 0.396 e. The van der Waals surface area contributed by atoms with Gasteiger partial charge in [0.2, 0.25) is 0 Å². The number of aromatic nitrogens is 2. The van der Waals surface area contributed by atoms with Crippen molar-refractivity contribution in [1.82, 2.24) is 9.38 Å². The van der Waals surface area contributed by atoms with Gasteiger partial charge in [-0.05, 0) is 55.2 Å². The molecular formula is C28H28N2O4S2. The molecule has 5 aromatic rings. The molecule has 3 aromatic carbocycles. The lowest BCUT2D eigenvalue weighted by Crippen LogP contribution is -1.96. The Morgan fingerprint density at radius 1 is 0.861 bits per heavy atom. The van der Waals surface area contributed by atoms with Gasteiger partial charge in [-0.1, -0.05) is 60.2 Å². The SMILES string of the molecule is Cc1ccc(-c2ccc(-c3cn4c(CCO)csc4n3)cc2)cc1C.Cc1ccc(S(=O)(=O)O)cc1. The molecule has 0 fully saturated rings. The van der Waals surface area contributed by atoms with Gasteiger partial charge in [-0.15, -0.1) is 11.3 Å². The van der Waals surface area contributed by atoms with E-state index in [2.05, 4.69) is 72.3 Å². The number of imidazole rings is 1. The molecule has 0 atom stereocenters. The number of thiazole rings is 1. The highest BCUT2D eigenvalue weighted by molar-refractivity contribution is 7.85. The molecule has 2 N–H and O–H groups in total. The van der Waals surface area contributed by atoms with Gasteiger partial charge in [0, 0.05) is 35.9 Å². The molecular weight excluding hydrogens is 492 g/mol. The first-order valence-electron chi connectivity index (χ1n) is 11.4. The molecule has 6 nitrogen and oxygen atoms in total. The van der Waals surface area contributed by atoms with Gasteiger partial charge < -0.3 is 5.11 Å². The molecule has 186 valence electrons. The van der Waals surface area contributed by atoms with Gasteiger partial charge >= 0.3 is 0 Å². The van der Waals surface area contributed by atoms with Crippen LogP contribution >= 0.6 is 11.3 Å². The molecule has 5 rings (SSSR count). The lowest BCUT2D eigenvalue weighted by molar-refractivity contribution is 0.298. The zero-order chi connectivity index (χ0) is 25.9. The van der Waals surface area contributed by atoms with Crippen molar-refractivity contribution in [2.24, 2.45) is 0 Å². The highest BCUT2D eigenvalue weighted by Gasteiger charge is 2.10. The molecule has 0 radical (unpaired) electrons. The number of fused-ring (bicyclic) bond motifs is 1. The summed E-state index contributed by atoms with van der Waals surface area (Å²) in [7, 11) is -4.02. The van der Waals surface area contributed by atoms with E-state index in [1.54, 1.807) is 23.5 Å². The van der Waals surface area contributed by atoms with E-state index in [4.69, 9.17) is 14.6 Å². The number of rotatable bonds is 5. The first kappa shape index (κ1) is 25.8. The van der Waals surface area contributed by atoms with E-state index in [1.807, 2.05) is 6.92 Å². The molecule has 0 aliphatic rings. The molecule has 0 saturated heterocycles. The zero-order valence-corrected chi connectivity index (χ0v) is 22.0. The van der Waals surface area contributed by atoms with E-state index in [0.717, 1.165) is 27.5 Å². The third-order valence-electron chi connectivity index (χ3n) is 5.99. The van der Waals surface area contributed by atoms with Crippen LogP contribution in [0.1, 0.15) is 22.4 Å². The second-order valence-corrected chi connectivity index (χ2v) is 10.9. The number of hydrogen-bond acceptors (Lipinski definition) is 5. The van der Waals surface area contributed by atoms with Crippen LogP contribution in [-0.2, 0) is 16.5 Å². The fraction of sp³-hybridized carbons (Fsp3) is 0.179. The molecule has 0 spiro atoms. The highest BCUT2D eigenvalue weighted by Crippen LogP contribution is 2.27. The van der Waals surface area contributed by atoms with Crippen LogP contribution in [0.15, 0.2) is 83.2 Å². The van der Waals surface area contributed by atoms with Gasteiger partial charge in [-0.25, -0.2) is 4.98 Å². The van der Waals surface area contributed by atoms with Crippen LogP contribution in [0.25, 0.3) is 27.3 Å². The fourth-order valence-electron chi connectivity index (χ4n) is 3.73. The summed E-state index contributed by atoms with van der Waals surface area (Å²) in [6.07, 6.45) is 2.71. The van der Waals surface area contributed by atoms with Crippen molar-refractivity contribution >= 4 is 26.4 Å². The topological polar surface area (TPSA) is 91.9 Å². The Hall–Kier alpha value is -3.30. The van der Waals surface area contributed by atoms with Crippen molar-refractivity contribution in [3.05, 3.63) is 101 Å². The summed E-state index contributed by atoms with van der Waals surface area (Å²) >= 11 is 1.61. The molecule has 0 aliphatic heterocycles. The van der Waals surface area contributed by atoms with Gasteiger partial charge in [-0.2, -0.15) is 8.42 Å². The fourth-order valence-corrected chi connectivity index (χ4v) is 5.11. The Labute approximate surface area is 215 Å². The Morgan fingerprint density at radius 2 is 1.50 bits per heavy atom. The number of nitrogens with zero attached hydrogens (tertiary/aromatic N) is 2. The minimum Gasteiger partial charge on any atom is -0.396 e. The number of benzene rings is 3. The van der Waals surface area contributed by atoms with E-state index in [-0.39, 0.29) is 11.5 Å². The Kier molecular flexibility index (Phi) is 7.70. The van der Waals surface area contributed by atoms with Gasteiger partial charge in [-0.3, -0.25) is 8.95 Å². The van der Waals surface area contributed by atoms with Gasteiger partial charge in [0.15, 0.2) is 4.96 Å². The van der Waals surface area contributed by atoms with Crippen molar-refractivity contribution in [2.75, 3.05) is 6.61 Å². The summed E-state index contributed by atoms with van der Waals surface area (Å²) in [4.78, 5) is 5.62. The van der Waals surface area contributed by atoms with Crippen molar-refractivity contribution < 1.29 is 18.1 Å². The predicted octanol–water partition coefficient (Wildman–Crippen LogP) is 6.12. The Morgan fingerprint density at radius 3 is 2.11 bits per heavy atom. The molecule has 0 amide bonds. The van der Waals surface area contributed by atoms with Crippen LogP contribution in [0, 0.1) is 20.8 Å². The van der Waals surface area contributed by atoms with Crippen LogP contribution in [0.3, 0.4) is 0 Å². The molecule has 0 unspecified atom stereocenters. The van der Waals surface area contributed by atoms with E-state index < -0.39 is 10.1 Å². The van der Waals surface area contributed by atoms with Crippen molar-refractivity contribution in [3.8, 4) is 22.4 Å². The lowest BCUT2D eigenvalue weighted by Gasteiger charge is -2.06. The number of hydrogen-bond donors (Lipinski definition) is 2. The van der Waals surface area contributed by atoms with Crippen LogP contribution in [-0.4, -0.2) is 34.1 Å². The first-order valence-corrected chi connectivity index (χ1v) is 13.8. The maximum Gasteiger partial charge on any atom is 0.294 e. The number of aliphatic hydroxyl groups excluding tert-OH is 1. The van der Waals surface area contributed by atoms with E-state index in [9.17, 15) is 8.42 Å². The third-order valence-corrected chi connectivity index (χ3v) is 7.75. The van der Waals surface area contributed by atoms with Gasteiger partial charge in [0.05, 0.1) is 10.6 Å². The zero-order valence-electron chi connectivity index (χ0n) is 20.3. The summed E-state index contributed by atoms with van der Waals surface area (Å²) in [5.41, 5.74) is 9.23. The molecule has 36 heavy (non-hydrogen) atoms. The van der Waals surface area contributed by atoms with Crippen LogP contribution in [0.2, 0.25) is 0 Å². The van der Waals surface area contributed by atoms with E-state index >= 15 is 0 Å². The predicted molar refractivity (Wildman–Crippen MR) is 145 cm³/mol. The van der Waals surface area contributed by atoms with E-state index in [1.165, 1.54) is 34.4 Å². The van der Waals surface area contributed by atoms with Gasteiger partial charge in [0.25, 0.3) is 10.1 Å². The van der Waals surface area contributed by atoms with Crippen LogP contribution in [0.4, 0.5) is 0 Å². The Bertz CT molecular complexity index is 1580. The number of aryl methyl sites for hydroxylation is 3. The summed E-state index contributed by atoms with van der Waals surface area (Å²) in [6.45, 7) is 6.28. The summed E-state index contributed by atoms with van der Waals surface area (Å²) in [5, 5.41) is 11.2. The standard InChI is InChI=1S/C21H20N2OS.C7H8O3S/c1-14-3-4-18(11-15(14)2)16-5-7-17(8-6-16)20-12-23-19(9-10-24)13-25-21(23)22-20;1-6-2-4-7(5-3-6)11(8,9)10/h3-8,11-13,24H,9-10H2,1-2H3;2-5H,1H3,(H,8,9,10). The van der Waals surface area contributed by atoms with Crippen LogP contribution < -0.4 is 0 Å². The second kappa shape index (κ2) is 10.8. The van der Waals surface area contributed by atoms with Crippen molar-refractivity contribution in [2.45, 2.75) is 32.1 Å². The summed E-state index contributed by atoms with van der Waals surface area (Å²) < 4.78 is 31.6. The molecule has 8 heteroatoms. The number of aliphatic hydroxyl groups is 1. The molecule has 2 aromatic heterocycles. The Balaban J connectivity index is 0.000000233. The summed E-state index contributed by atoms with van der Waals surface area (Å²) in [6, 6.07) is 21.1. The maximum absolute atomic E-state index is 10.5.